The van der Waals surface area contributed by atoms with Crippen molar-refractivity contribution in [3.05, 3.63) is 42.0 Å². The number of hydrogen-bond acceptors (Lipinski definition) is 4. The molecule has 0 amide bonds. The number of hydrogen-bond donors (Lipinski definition) is 2. The summed E-state index contributed by atoms with van der Waals surface area (Å²) in [5.74, 6) is 0.319. The fraction of sp³-hybridized carbons (Fsp3) is 0.312. The molecule has 0 bridgehead atoms. The molecular formula is C16H19FN4O2. The third kappa shape index (κ3) is 3.45. The number of fused-ring (bicyclic) bond motifs is 1. The van der Waals surface area contributed by atoms with Gasteiger partial charge in [0.1, 0.15) is 13.2 Å². The highest BCUT2D eigenvalue weighted by Crippen LogP contribution is 2.27. The Bertz CT molecular complexity index is 797. The molecule has 0 aliphatic rings. The van der Waals surface area contributed by atoms with Crippen molar-refractivity contribution in [1.29, 1.82) is 0 Å². The first-order chi connectivity index (χ1) is 11.2. The summed E-state index contributed by atoms with van der Waals surface area (Å²) in [6, 6.07) is 4.89. The van der Waals surface area contributed by atoms with Gasteiger partial charge in [0, 0.05) is 42.5 Å². The van der Waals surface area contributed by atoms with Crippen LogP contribution >= 0.6 is 0 Å². The maximum Gasteiger partial charge on any atom is 0.232 e. The van der Waals surface area contributed by atoms with Crippen LogP contribution < -0.4 is 15.2 Å². The monoisotopic (exact) mass is 318 g/mol. The van der Waals surface area contributed by atoms with Crippen molar-refractivity contribution in [3.63, 3.8) is 0 Å². The third-order valence-electron chi connectivity index (χ3n) is 3.51. The summed E-state index contributed by atoms with van der Waals surface area (Å²) in [5.41, 5.74) is 7.38. The van der Waals surface area contributed by atoms with Gasteiger partial charge in [0.2, 0.25) is 5.88 Å². The molecule has 7 heteroatoms. The van der Waals surface area contributed by atoms with Crippen molar-refractivity contribution in [2.24, 2.45) is 12.8 Å². The first kappa shape index (κ1) is 15.4. The summed E-state index contributed by atoms with van der Waals surface area (Å²) in [4.78, 5) is 3.05. The van der Waals surface area contributed by atoms with E-state index in [-0.39, 0.29) is 19.0 Å². The van der Waals surface area contributed by atoms with Crippen LogP contribution in [-0.2, 0) is 13.5 Å². The van der Waals surface area contributed by atoms with Crippen molar-refractivity contribution >= 4 is 10.9 Å². The molecular weight excluding hydrogens is 299 g/mol. The second kappa shape index (κ2) is 6.70. The van der Waals surface area contributed by atoms with Crippen molar-refractivity contribution in [2.75, 3.05) is 19.8 Å². The fourth-order valence-electron chi connectivity index (χ4n) is 2.42. The number of aryl methyl sites for hydroxylation is 1. The summed E-state index contributed by atoms with van der Waals surface area (Å²) < 4.78 is 26.6. The molecule has 6 nitrogen and oxygen atoms in total. The highest BCUT2D eigenvalue weighted by atomic mass is 19.1. The Kier molecular flexibility index (Phi) is 4.47. The highest BCUT2D eigenvalue weighted by molar-refractivity contribution is 5.84. The van der Waals surface area contributed by atoms with E-state index in [1.807, 2.05) is 13.2 Å². The van der Waals surface area contributed by atoms with Gasteiger partial charge in [0.15, 0.2) is 11.6 Å². The Morgan fingerprint density at radius 1 is 1.30 bits per heavy atom. The van der Waals surface area contributed by atoms with Crippen LogP contribution in [0.25, 0.3) is 10.9 Å². The maximum absolute atomic E-state index is 14.0. The average Bonchev–Trinajstić information content (AvgIpc) is 3.11. The molecule has 0 spiro atoms. The van der Waals surface area contributed by atoms with Gasteiger partial charge in [-0.2, -0.15) is 0 Å². The Morgan fingerprint density at radius 2 is 2.13 bits per heavy atom. The standard InChI is InChI=1S/C16H19FN4O2/c1-21-5-3-16(20-21)23-7-6-22-15-8-12-11(2-4-18)10-19-14(12)9-13(15)17/h3,5,8-10,19H,2,4,6-7,18H2,1H3. The van der Waals surface area contributed by atoms with Crippen LogP contribution in [0.3, 0.4) is 0 Å². The van der Waals surface area contributed by atoms with E-state index in [1.165, 1.54) is 6.07 Å². The van der Waals surface area contributed by atoms with Gasteiger partial charge < -0.3 is 20.2 Å². The SMILES string of the molecule is Cn1ccc(OCCOc2cc3c(CCN)c[nH]c3cc2F)n1. The number of nitrogens with zero attached hydrogens (tertiary/aromatic N) is 2. The van der Waals surface area contributed by atoms with E-state index < -0.39 is 5.82 Å². The Hall–Kier alpha value is -2.54. The van der Waals surface area contributed by atoms with E-state index in [2.05, 4.69) is 10.1 Å². The molecule has 0 saturated heterocycles. The average molecular weight is 318 g/mol. The van der Waals surface area contributed by atoms with Gasteiger partial charge in [-0.15, -0.1) is 5.10 Å². The predicted molar refractivity (Wildman–Crippen MR) is 85.2 cm³/mol. The minimum atomic E-state index is -0.406. The number of aromatic nitrogens is 3. The number of H-pyrrole nitrogens is 1. The molecule has 0 radical (unpaired) electrons. The summed E-state index contributed by atoms with van der Waals surface area (Å²) in [6.07, 6.45) is 4.37. The van der Waals surface area contributed by atoms with E-state index in [9.17, 15) is 4.39 Å². The smallest absolute Gasteiger partial charge is 0.232 e. The minimum absolute atomic E-state index is 0.208. The molecule has 0 aliphatic carbocycles. The zero-order chi connectivity index (χ0) is 16.2. The number of nitrogens with one attached hydrogen (secondary N) is 1. The fourth-order valence-corrected chi connectivity index (χ4v) is 2.42. The van der Waals surface area contributed by atoms with E-state index >= 15 is 0 Å². The third-order valence-corrected chi connectivity index (χ3v) is 3.51. The molecule has 2 heterocycles. The topological polar surface area (TPSA) is 78.1 Å². The summed E-state index contributed by atoms with van der Waals surface area (Å²) in [7, 11) is 1.81. The second-order valence-electron chi connectivity index (χ2n) is 5.21. The lowest BCUT2D eigenvalue weighted by molar-refractivity contribution is 0.206. The van der Waals surface area contributed by atoms with Gasteiger partial charge in [-0.05, 0) is 24.6 Å². The molecule has 2 aromatic heterocycles. The van der Waals surface area contributed by atoms with Crippen LogP contribution in [0.1, 0.15) is 5.56 Å². The lowest BCUT2D eigenvalue weighted by Gasteiger charge is -2.08. The van der Waals surface area contributed by atoms with E-state index in [4.69, 9.17) is 15.2 Å². The molecule has 23 heavy (non-hydrogen) atoms. The van der Waals surface area contributed by atoms with E-state index in [1.54, 1.807) is 23.0 Å². The highest BCUT2D eigenvalue weighted by Gasteiger charge is 2.10. The minimum Gasteiger partial charge on any atom is -0.487 e. The normalized spacial score (nSPS) is 11.1. The molecule has 3 aromatic rings. The van der Waals surface area contributed by atoms with E-state index in [0.29, 0.717) is 12.4 Å². The molecule has 3 N–H and O–H groups in total. The predicted octanol–water partition coefficient (Wildman–Crippen LogP) is 2.00. The number of nitrogens with two attached hydrogens (primary N) is 1. The van der Waals surface area contributed by atoms with Gasteiger partial charge in [-0.3, -0.25) is 4.68 Å². The number of halogens is 1. The van der Waals surface area contributed by atoms with Crippen LogP contribution in [0.5, 0.6) is 11.6 Å². The van der Waals surface area contributed by atoms with Crippen molar-refractivity contribution in [3.8, 4) is 11.6 Å². The number of aromatic amines is 1. The molecule has 0 aliphatic heterocycles. The van der Waals surface area contributed by atoms with Crippen molar-refractivity contribution in [1.82, 2.24) is 14.8 Å². The van der Waals surface area contributed by atoms with Crippen LogP contribution in [0.2, 0.25) is 0 Å². The number of ether oxygens (including phenoxy) is 2. The van der Waals surface area contributed by atoms with Crippen LogP contribution in [0.4, 0.5) is 4.39 Å². The van der Waals surface area contributed by atoms with Gasteiger partial charge in [0.05, 0.1) is 0 Å². The maximum atomic E-state index is 14.0. The quantitative estimate of drug-likeness (QED) is 0.653. The van der Waals surface area contributed by atoms with Gasteiger partial charge in [0.25, 0.3) is 0 Å². The molecule has 0 unspecified atom stereocenters. The molecule has 3 rings (SSSR count). The summed E-state index contributed by atoms with van der Waals surface area (Å²) >= 11 is 0. The Labute approximate surface area is 133 Å². The van der Waals surface area contributed by atoms with Crippen LogP contribution in [0.15, 0.2) is 30.6 Å². The second-order valence-corrected chi connectivity index (χ2v) is 5.21. The molecule has 0 saturated carbocycles. The van der Waals surface area contributed by atoms with Gasteiger partial charge in [-0.1, -0.05) is 0 Å². The molecule has 0 atom stereocenters. The summed E-state index contributed by atoms with van der Waals surface area (Å²) in [6.45, 7) is 1.06. The van der Waals surface area contributed by atoms with E-state index in [0.717, 1.165) is 22.9 Å². The molecule has 1 aromatic carbocycles. The molecule has 122 valence electrons. The van der Waals surface area contributed by atoms with Gasteiger partial charge >= 0.3 is 0 Å². The lowest BCUT2D eigenvalue weighted by Crippen LogP contribution is -2.10. The zero-order valence-corrected chi connectivity index (χ0v) is 12.9. The zero-order valence-electron chi connectivity index (χ0n) is 12.9. The first-order valence-electron chi connectivity index (χ1n) is 7.42. The number of rotatable bonds is 7. The molecule has 0 fully saturated rings. The Balaban J connectivity index is 1.64. The Morgan fingerprint density at radius 3 is 2.87 bits per heavy atom. The van der Waals surface area contributed by atoms with Crippen LogP contribution in [-0.4, -0.2) is 34.5 Å². The number of benzene rings is 1. The largest absolute Gasteiger partial charge is 0.487 e. The summed E-state index contributed by atoms with van der Waals surface area (Å²) in [5, 5.41) is 5.02. The van der Waals surface area contributed by atoms with Gasteiger partial charge in [-0.25, -0.2) is 4.39 Å². The first-order valence-corrected chi connectivity index (χ1v) is 7.42. The van der Waals surface area contributed by atoms with Crippen molar-refractivity contribution < 1.29 is 13.9 Å². The van der Waals surface area contributed by atoms with Crippen molar-refractivity contribution in [2.45, 2.75) is 6.42 Å². The van der Waals surface area contributed by atoms with Crippen LogP contribution in [0, 0.1) is 5.82 Å². The lowest BCUT2D eigenvalue weighted by atomic mass is 10.1.